The number of aromatic nitrogens is 2. The van der Waals surface area contributed by atoms with Crippen molar-refractivity contribution in [3.63, 3.8) is 0 Å². The van der Waals surface area contributed by atoms with Gasteiger partial charge in [0, 0.05) is 18.2 Å². The highest BCUT2D eigenvalue weighted by molar-refractivity contribution is 5.95. The average Bonchev–Trinajstić information content (AvgIpc) is 3.31. The molecule has 0 saturated heterocycles. The van der Waals surface area contributed by atoms with Crippen molar-refractivity contribution in [2.75, 3.05) is 14.2 Å². The number of aryl methyl sites for hydroxylation is 2. The van der Waals surface area contributed by atoms with Crippen molar-refractivity contribution in [3.8, 4) is 17.1 Å². The van der Waals surface area contributed by atoms with E-state index in [1.807, 2.05) is 66.7 Å². The van der Waals surface area contributed by atoms with Crippen LogP contribution in [0.15, 0.2) is 83.4 Å². The van der Waals surface area contributed by atoms with Gasteiger partial charge in [-0.2, -0.15) is 4.98 Å². The van der Waals surface area contributed by atoms with Crippen LogP contribution in [-0.4, -0.2) is 35.1 Å². The number of methoxy groups -OCH3 is 1. The van der Waals surface area contributed by atoms with Crippen LogP contribution in [0.5, 0.6) is 5.75 Å². The maximum absolute atomic E-state index is 13.2. The van der Waals surface area contributed by atoms with Crippen molar-refractivity contribution in [2.24, 2.45) is 0 Å². The van der Waals surface area contributed by atoms with Crippen molar-refractivity contribution >= 4 is 5.91 Å². The third kappa shape index (κ3) is 5.03. The summed E-state index contributed by atoms with van der Waals surface area (Å²) >= 11 is 0. The van der Waals surface area contributed by atoms with Gasteiger partial charge in [-0.05, 0) is 54.3 Å². The van der Waals surface area contributed by atoms with Crippen LogP contribution in [0.1, 0.15) is 27.4 Å². The van der Waals surface area contributed by atoms with Crippen molar-refractivity contribution in [2.45, 2.75) is 19.4 Å². The molecule has 162 valence electrons. The molecule has 0 atom stereocenters. The first-order valence-electron chi connectivity index (χ1n) is 10.5. The van der Waals surface area contributed by atoms with E-state index in [0.717, 1.165) is 29.7 Å². The molecule has 1 heterocycles. The van der Waals surface area contributed by atoms with E-state index >= 15 is 0 Å². The summed E-state index contributed by atoms with van der Waals surface area (Å²) in [6.45, 7) is 0.231. The summed E-state index contributed by atoms with van der Waals surface area (Å²) in [6, 6.07) is 25.4. The Bertz CT molecular complexity index is 1170. The normalized spacial score (nSPS) is 10.7. The van der Waals surface area contributed by atoms with Gasteiger partial charge in [0.1, 0.15) is 5.75 Å². The molecule has 0 fully saturated rings. The number of benzene rings is 3. The lowest BCUT2D eigenvalue weighted by Gasteiger charge is -2.17. The lowest BCUT2D eigenvalue weighted by molar-refractivity contribution is 0.0768. The number of hydrogen-bond donors (Lipinski definition) is 0. The molecule has 0 saturated carbocycles. The molecule has 6 heteroatoms. The molecule has 0 aliphatic carbocycles. The maximum atomic E-state index is 13.2. The van der Waals surface area contributed by atoms with Gasteiger partial charge in [0.25, 0.3) is 5.91 Å². The van der Waals surface area contributed by atoms with E-state index in [9.17, 15) is 4.79 Å². The van der Waals surface area contributed by atoms with Crippen LogP contribution in [0.2, 0.25) is 0 Å². The first-order valence-corrected chi connectivity index (χ1v) is 10.5. The van der Waals surface area contributed by atoms with Gasteiger partial charge in [0.05, 0.1) is 13.7 Å². The summed E-state index contributed by atoms with van der Waals surface area (Å²) in [5.74, 6) is 1.55. The van der Waals surface area contributed by atoms with Crippen LogP contribution in [0.3, 0.4) is 0 Å². The Hall–Kier alpha value is -3.93. The first kappa shape index (κ1) is 21.3. The third-order valence-corrected chi connectivity index (χ3v) is 5.31. The second-order valence-corrected chi connectivity index (χ2v) is 7.54. The summed E-state index contributed by atoms with van der Waals surface area (Å²) < 4.78 is 10.6. The van der Waals surface area contributed by atoms with Gasteiger partial charge >= 0.3 is 0 Å². The molecule has 32 heavy (non-hydrogen) atoms. The number of carbonyl (C=O) groups is 1. The zero-order valence-electron chi connectivity index (χ0n) is 18.2. The van der Waals surface area contributed by atoms with Crippen molar-refractivity contribution in [1.29, 1.82) is 0 Å². The monoisotopic (exact) mass is 427 g/mol. The molecule has 0 bridgehead atoms. The average molecular weight is 428 g/mol. The van der Waals surface area contributed by atoms with E-state index in [0.29, 0.717) is 17.3 Å². The van der Waals surface area contributed by atoms with Crippen molar-refractivity contribution < 1.29 is 14.1 Å². The van der Waals surface area contributed by atoms with Crippen LogP contribution < -0.4 is 4.74 Å². The zero-order valence-corrected chi connectivity index (χ0v) is 18.2. The maximum Gasteiger partial charge on any atom is 0.254 e. The lowest BCUT2D eigenvalue weighted by Crippen LogP contribution is -2.27. The molecule has 6 nitrogen and oxygen atoms in total. The SMILES string of the molecule is COc1ccc(-c2noc(CN(C)C(=O)c3ccccc3CCc3ccccc3)n2)cc1. The number of amides is 1. The summed E-state index contributed by atoms with van der Waals surface area (Å²) in [6.07, 6.45) is 1.67. The van der Waals surface area contributed by atoms with Gasteiger partial charge in [-0.3, -0.25) is 4.79 Å². The van der Waals surface area contributed by atoms with Crippen LogP contribution in [-0.2, 0) is 19.4 Å². The Balaban J connectivity index is 1.43. The lowest BCUT2D eigenvalue weighted by atomic mass is 9.99. The largest absolute Gasteiger partial charge is 0.497 e. The van der Waals surface area contributed by atoms with Gasteiger partial charge in [0.2, 0.25) is 11.7 Å². The number of hydrogen-bond acceptors (Lipinski definition) is 5. The predicted molar refractivity (Wildman–Crippen MR) is 122 cm³/mol. The number of nitrogens with zero attached hydrogens (tertiary/aromatic N) is 3. The summed E-state index contributed by atoms with van der Waals surface area (Å²) in [4.78, 5) is 19.2. The molecule has 0 spiro atoms. The Morgan fingerprint density at radius 2 is 1.66 bits per heavy atom. The van der Waals surface area contributed by atoms with Crippen LogP contribution in [0.25, 0.3) is 11.4 Å². The Morgan fingerprint density at radius 3 is 2.41 bits per heavy atom. The highest BCUT2D eigenvalue weighted by Gasteiger charge is 2.18. The standard InChI is InChI=1S/C26H25N3O3/c1-29(18-24-27-25(28-32-24)21-14-16-22(31-2)17-15-21)26(30)23-11-7-6-10-20(23)13-12-19-8-4-3-5-9-19/h3-11,14-17H,12-13,18H2,1-2H3. The fourth-order valence-electron chi connectivity index (χ4n) is 3.53. The fourth-order valence-corrected chi connectivity index (χ4v) is 3.53. The molecule has 4 aromatic rings. The molecule has 0 radical (unpaired) electrons. The molecule has 1 aromatic heterocycles. The van der Waals surface area contributed by atoms with Gasteiger partial charge < -0.3 is 14.2 Å². The molecule has 3 aromatic carbocycles. The highest BCUT2D eigenvalue weighted by Crippen LogP contribution is 2.21. The Kier molecular flexibility index (Phi) is 6.60. The molecule has 0 aliphatic heterocycles. The van der Waals surface area contributed by atoms with E-state index < -0.39 is 0 Å². The van der Waals surface area contributed by atoms with Gasteiger partial charge in [0.15, 0.2) is 0 Å². The quantitative estimate of drug-likeness (QED) is 0.404. The third-order valence-electron chi connectivity index (χ3n) is 5.31. The Morgan fingerprint density at radius 1 is 0.938 bits per heavy atom. The minimum absolute atomic E-state index is 0.0714. The highest BCUT2D eigenvalue weighted by atomic mass is 16.5. The fraction of sp³-hybridized carbons (Fsp3) is 0.192. The molecule has 0 N–H and O–H groups in total. The van der Waals surface area contributed by atoms with E-state index in [1.165, 1.54) is 5.56 Å². The van der Waals surface area contributed by atoms with Crippen LogP contribution in [0, 0.1) is 0 Å². The Labute approximate surface area is 187 Å². The number of ether oxygens (including phenoxy) is 1. The minimum atomic E-state index is -0.0714. The summed E-state index contributed by atoms with van der Waals surface area (Å²) in [5, 5.41) is 4.04. The van der Waals surface area contributed by atoms with Gasteiger partial charge in [-0.15, -0.1) is 0 Å². The zero-order chi connectivity index (χ0) is 22.3. The van der Waals surface area contributed by atoms with Gasteiger partial charge in [-0.1, -0.05) is 53.7 Å². The van der Waals surface area contributed by atoms with Gasteiger partial charge in [-0.25, -0.2) is 0 Å². The smallest absolute Gasteiger partial charge is 0.254 e. The topological polar surface area (TPSA) is 68.5 Å². The predicted octanol–water partition coefficient (Wildman–Crippen LogP) is 4.80. The summed E-state index contributed by atoms with van der Waals surface area (Å²) in [5.41, 5.74) is 3.79. The van der Waals surface area contributed by atoms with E-state index in [4.69, 9.17) is 9.26 Å². The second kappa shape index (κ2) is 9.92. The van der Waals surface area contributed by atoms with E-state index in [2.05, 4.69) is 22.3 Å². The summed E-state index contributed by atoms with van der Waals surface area (Å²) in [7, 11) is 3.36. The number of carbonyl (C=O) groups excluding carboxylic acids is 1. The second-order valence-electron chi connectivity index (χ2n) is 7.54. The van der Waals surface area contributed by atoms with E-state index in [1.54, 1.807) is 19.1 Å². The van der Waals surface area contributed by atoms with Crippen molar-refractivity contribution in [3.05, 3.63) is 101 Å². The molecule has 1 amide bonds. The van der Waals surface area contributed by atoms with E-state index in [-0.39, 0.29) is 12.5 Å². The van der Waals surface area contributed by atoms with Crippen molar-refractivity contribution in [1.82, 2.24) is 15.0 Å². The molecular weight excluding hydrogens is 402 g/mol. The van der Waals surface area contributed by atoms with Crippen LogP contribution >= 0.6 is 0 Å². The first-order chi connectivity index (χ1) is 15.6. The molecule has 0 unspecified atom stereocenters. The molecular formula is C26H25N3O3. The number of rotatable bonds is 8. The minimum Gasteiger partial charge on any atom is -0.497 e. The van der Waals surface area contributed by atoms with Crippen LogP contribution in [0.4, 0.5) is 0 Å². The molecule has 4 rings (SSSR count). The molecule has 0 aliphatic rings.